The number of rotatable bonds is 14. The molecule has 2 heteroatoms. The fourth-order valence-corrected chi connectivity index (χ4v) is 4.02. The van der Waals surface area contributed by atoms with Crippen molar-refractivity contribution in [1.29, 1.82) is 0 Å². The van der Waals surface area contributed by atoms with Crippen LogP contribution in [0.3, 0.4) is 0 Å². The highest BCUT2D eigenvalue weighted by molar-refractivity contribution is 5.83. The Hall–Kier alpha value is -2.66. The first kappa shape index (κ1) is 25.6. The van der Waals surface area contributed by atoms with Crippen LogP contribution < -0.4 is 0 Å². The van der Waals surface area contributed by atoms with Crippen LogP contribution in [0.5, 0.6) is 0 Å². The number of benzene rings is 2. The second-order valence-corrected chi connectivity index (χ2v) is 8.71. The Balaban J connectivity index is 2.46. The number of hydrogen-bond acceptors (Lipinski definition) is 0. The molecule has 2 rings (SSSR count). The molecule has 0 saturated heterocycles. The first-order chi connectivity index (χ1) is 15.7. The topological polar surface area (TPSA) is 36.4 Å². The van der Waals surface area contributed by atoms with Crippen LogP contribution in [0.25, 0.3) is 11.1 Å². The standard InChI is InChI=1S/C30H40N2/c1-4-7-10-11-16-26-18-13-20-29(22-26)30(23-27(24-32-31)15-9-6-3)28-19-12-17-25(21-28)14-8-5-2/h12-13,17-23H,4-11,14-16H2,1-3H3. The Bertz CT molecular complexity index is 941. The van der Waals surface area contributed by atoms with Crippen LogP contribution in [0.15, 0.2) is 60.2 Å². The zero-order chi connectivity index (χ0) is 23.0. The van der Waals surface area contributed by atoms with Gasteiger partial charge in [0.25, 0.3) is 0 Å². The van der Waals surface area contributed by atoms with E-state index in [9.17, 15) is 5.53 Å². The Labute approximate surface area is 195 Å². The number of aryl methyl sites for hydroxylation is 2. The third kappa shape index (κ3) is 8.83. The lowest BCUT2D eigenvalue weighted by Crippen LogP contribution is -1.95. The molecule has 2 aromatic rings. The summed E-state index contributed by atoms with van der Waals surface area (Å²) in [6, 6.07) is 17.9. The van der Waals surface area contributed by atoms with Crippen LogP contribution in [0.1, 0.15) is 101 Å². The predicted molar refractivity (Wildman–Crippen MR) is 138 cm³/mol. The van der Waals surface area contributed by atoms with Crippen molar-refractivity contribution in [3.05, 3.63) is 88.0 Å². The second-order valence-electron chi connectivity index (χ2n) is 8.71. The van der Waals surface area contributed by atoms with Crippen molar-refractivity contribution in [1.82, 2.24) is 0 Å². The van der Waals surface area contributed by atoms with E-state index >= 15 is 0 Å². The van der Waals surface area contributed by atoms with Crippen LogP contribution in [0, 0.1) is 0 Å². The lowest BCUT2D eigenvalue weighted by molar-refractivity contribution is 0.00746. The Kier molecular flexibility index (Phi) is 12.2. The molecule has 0 fully saturated rings. The predicted octanol–water partition coefficient (Wildman–Crippen LogP) is 8.60. The Morgan fingerprint density at radius 3 is 1.94 bits per heavy atom. The van der Waals surface area contributed by atoms with Gasteiger partial charge in [-0.15, -0.1) is 4.79 Å². The van der Waals surface area contributed by atoms with E-state index in [0.29, 0.717) is 0 Å². The Morgan fingerprint density at radius 1 is 0.781 bits per heavy atom. The number of allylic oxidation sites excluding steroid dienone is 2. The number of unbranched alkanes of at least 4 members (excludes halogenated alkanes) is 5. The van der Waals surface area contributed by atoms with Crippen molar-refractivity contribution in [2.75, 3.05) is 0 Å². The normalized spacial score (nSPS) is 11.2. The molecule has 0 aliphatic carbocycles. The SMILES string of the molecule is CCCCCCc1cccc(C(=CC(=C=[N+]=[N-])CCCC)c2cccc(CCCC)c2)c1. The monoisotopic (exact) mass is 428 g/mol. The molecule has 0 aliphatic heterocycles. The van der Waals surface area contributed by atoms with Gasteiger partial charge in [0.1, 0.15) is 0 Å². The molecule has 0 heterocycles. The van der Waals surface area contributed by atoms with Gasteiger partial charge in [0, 0.05) is 0 Å². The fourth-order valence-electron chi connectivity index (χ4n) is 4.02. The van der Waals surface area contributed by atoms with Gasteiger partial charge in [0.2, 0.25) is 0 Å². The number of hydrogen-bond donors (Lipinski definition) is 0. The van der Waals surface area contributed by atoms with E-state index in [0.717, 1.165) is 37.7 Å². The molecule has 0 bridgehead atoms. The van der Waals surface area contributed by atoms with Crippen molar-refractivity contribution in [2.24, 2.45) is 0 Å². The van der Waals surface area contributed by atoms with E-state index in [-0.39, 0.29) is 0 Å². The van der Waals surface area contributed by atoms with Crippen molar-refractivity contribution >= 4 is 11.4 Å². The molecule has 32 heavy (non-hydrogen) atoms. The number of nitrogens with zero attached hydrogens (tertiary/aromatic N) is 2. The van der Waals surface area contributed by atoms with Gasteiger partial charge in [-0.3, -0.25) is 0 Å². The van der Waals surface area contributed by atoms with Gasteiger partial charge >= 0.3 is 5.87 Å². The largest absolute Gasteiger partial charge is 0.348 e. The molecule has 170 valence electrons. The lowest BCUT2D eigenvalue weighted by Gasteiger charge is -2.13. The highest BCUT2D eigenvalue weighted by atomic mass is 14.8. The molecule has 2 aromatic carbocycles. The first-order valence-electron chi connectivity index (χ1n) is 12.6. The molecule has 0 amide bonds. The third-order valence-electron chi connectivity index (χ3n) is 5.93. The summed E-state index contributed by atoms with van der Waals surface area (Å²) in [6.45, 7) is 6.67. The first-order valence-corrected chi connectivity index (χ1v) is 12.6. The maximum atomic E-state index is 9.18. The minimum Gasteiger partial charge on any atom is -0.348 e. The summed E-state index contributed by atoms with van der Waals surface area (Å²) in [7, 11) is 0. The van der Waals surface area contributed by atoms with Gasteiger partial charge in [-0.05, 0) is 72.4 Å². The molecule has 0 aliphatic rings. The molecule has 2 nitrogen and oxygen atoms in total. The smallest absolute Gasteiger partial charge is 0.303 e. The highest BCUT2D eigenvalue weighted by Crippen LogP contribution is 2.28. The fraction of sp³-hybridized carbons (Fsp3) is 0.467. The maximum Gasteiger partial charge on any atom is 0.303 e. The average Bonchev–Trinajstić information content (AvgIpc) is 2.82. The van der Waals surface area contributed by atoms with Gasteiger partial charge in [0.05, 0.1) is 5.57 Å². The van der Waals surface area contributed by atoms with E-state index in [1.165, 1.54) is 66.4 Å². The Morgan fingerprint density at radius 2 is 1.38 bits per heavy atom. The van der Waals surface area contributed by atoms with Crippen LogP contribution in [0.2, 0.25) is 0 Å². The minimum absolute atomic E-state index is 0.857. The van der Waals surface area contributed by atoms with Gasteiger partial charge in [0.15, 0.2) is 0 Å². The van der Waals surface area contributed by atoms with Crippen LogP contribution in [0.4, 0.5) is 0 Å². The van der Waals surface area contributed by atoms with Crippen LogP contribution >= 0.6 is 0 Å². The van der Waals surface area contributed by atoms with Gasteiger partial charge < -0.3 is 5.53 Å². The summed E-state index contributed by atoms with van der Waals surface area (Å²) in [5.41, 5.74) is 16.5. The molecule has 0 atom stereocenters. The van der Waals surface area contributed by atoms with Crippen LogP contribution in [-0.4, -0.2) is 10.7 Å². The van der Waals surface area contributed by atoms with Crippen molar-refractivity contribution in [3.8, 4) is 0 Å². The molecule has 0 N–H and O–H groups in total. The molecular formula is C30H40N2. The van der Waals surface area contributed by atoms with Gasteiger partial charge in [-0.1, -0.05) is 101 Å². The molecule has 0 aromatic heterocycles. The maximum absolute atomic E-state index is 9.18. The van der Waals surface area contributed by atoms with E-state index in [1.807, 2.05) is 0 Å². The summed E-state index contributed by atoms with van der Waals surface area (Å²) in [5, 5.41) is 0. The second kappa shape index (κ2) is 15.2. The quantitative estimate of drug-likeness (QED) is 0.0949. The third-order valence-corrected chi connectivity index (χ3v) is 5.93. The van der Waals surface area contributed by atoms with Crippen molar-refractivity contribution < 1.29 is 4.79 Å². The van der Waals surface area contributed by atoms with Crippen molar-refractivity contribution in [3.63, 3.8) is 0 Å². The summed E-state index contributed by atoms with van der Waals surface area (Å²) in [4.78, 5) is 3.23. The van der Waals surface area contributed by atoms with Gasteiger partial charge in [-0.2, -0.15) is 0 Å². The summed E-state index contributed by atoms with van der Waals surface area (Å²) in [5.74, 6) is 2.82. The zero-order valence-electron chi connectivity index (χ0n) is 20.4. The molecule has 0 spiro atoms. The van der Waals surface area contributed by atoms with E-state index < -0.39 is 0 Å². The highest BCUT2D eigenvalue weighted by Gasteiger charge is 2.10. The minimum atomic E-state index is 0.857. The summed E-state index contributed by atoms with van der Waals surface area (Å²) in [6.07, 6.45) is 14.9. The molecule has 0 unspecified atom stereocenters. The molecule has 0 radical (unpaired) electrons. The lowest BCUT2D eigenvalue weighted by atomic mass is 9.91. The van der Waals surface area contributed by atoms with Gasteiger partial charge in [-0.25, -0.2) is 0 Å². The molecule has 0 saturated carbocycles. The van der Waals surface area contributed by atoms with Crippen LogP contribution in [-0.2, 0) is 12.8 Å². The average molecular weight is 429 g/mol. The van der Waals surface area contributed by atoms with E-state index in [1.54, 1.807) is 0 Å². The summed E-state index contributed by atoms with van der Waals surface area (Å²) >= 11 is 0. The van der Waals surface area contributed by atoms with Crippen molar-refractivity contribution in [2.45, 2.75) is 91.4 Å². The zero-order valence-corrected chi connectivity index (χ0v) is 20.4. The summed E-state index contributed by atoms with van der Waals surface area (Å²) < 4.78 is 0. The van der Waals surface area contributed by atoms with E-state index in [4.69, 9.17) is 0 Å². The van der Waals surface area contributed by atoms with E-state index in [2.05, 4.69) is 86.0 Å². The molecular weight excluding hydrogens is 388 g/mol.